The molecular formula is C22H34ClN3O2. The standard InChI is InChI=1S/C22H33N3O2.ClH/c1-17-8-3-4-10-19(17)22(11-5-2-6-12-22)21(27)25-15-7-9-18(16-25)20(26)24-14-13-23;/h3-4,8,10,18H,2,5-7,9,11-16,23H2,1H3,(H,24,26);1H. The summed E-state index contributed by atoms with van der Waals surface area (Å²) in [5.41, 5.74) is 7.46. The number of nitrogens with two attached hydrogens (primary N) is 1. The van der Waals surface area contributed by atoms with Gasteiger partial charge < -0.3 is 16.0 Å². The number of carbonyl (C=O) groups is 2. The average molecular weight is 408 g/mol. The van der Waals surface area contributed by atoms with Gasteiger partial charge in [-0.25, -0.2) is 0 Å². The van der Waals surface area contributed by atoms with Crippen LogP contribution in [0.1, 0.15) is 56.1 Å². The Balaban J connectivity index is 0.00000280. The van der Waals surface area contributed by atoms with E-state index in [0.717, 1.165) is 45.1 Å². The van der Waals surface area contributed by atoms with Crippen LogP contribution in [0.25, 0.3) is 0 Å². The topological polar surface area (TPSA) is 75.4 Å². The zero-order chi connectivity index (χ0) is 19.3. The van der Waals surface area contributed by atoms with Gasteiger partial charge in [-0.15, -0.1) is 12.4 Å². The average Bonchev–Trinajstić information content (AvgIpc) is 2.72. The number of amides is 2. The van der Waals surface area contributed by atoms with Crippen LogP contribution in [-0.4, -0.2) is 42.9 Å². The first-order valence-electron chi connectivity index (χ1n) is 10.4. The van der Waals surface area contributed by atoms with Gasteiger partial charge in [0, 0.05) is 26.2 Å². The molecule has 2 amide bonds. The van der Waals surface area contributed by atoms with E-state index in [1.54, 1.807) is 0 Å². The first-order chi connectivity index (χ1) is 13.1. The third-order valence-electron chi connectivity index (χ3n) is 6.30. The molecule has 2 aliphatic rings. The number of nitrogens with one attached hydrogen (secondary N) is 1. The number of aryl methyl sites for hydroxylation is 1. The first kappa shape index (κ1) is 22.7. The van der Waals surface area contributed by atoms with E-state index in [0.29, 0.717) is 19.6 Å². The lowest BCUT2D eigenvalue weighted by molar-refractivity contribution is -0.142. The molecular weight excluding hydrogens is 374 g/mol. The molecule has 1 heterocycles. The molecule has 0 radical (unpaired) electrons. The molecule has 2 fully saturated rings. The molecule has 1 saturated carbocycles. The molecule has 0 spiro atoms. The van der Waals surface area contributed by atoms with Gasteiger partial charge in [0.15, 0.2) is 0 Å². The molecule has 5 nitrogen and oxygen atoms in total. The predicted octanol–water partition coefficient (Wildman–Crippen LogP) is 2.93. The zero-order valence-electron chi connectivity index (χ0n) is 16.9. The third-order valence-corrected chi connectivity index (χ3v) is 6.30. The highest BCUT2D eigenvalue weighted by molar-refractivity contribution is 5.90. The Kier molecular flexibility index (Phi) is 8.32. The predicted molar refractivity (Wildman–Crippen MR) is 115 cm³/mol. The highest BCUT2D eigenvalue weighted by atomic mass is 35.5. The highest BCUT2D eigenvalue weighted by Gasteiger charge is 2.45. The third kappa shape index (κ3) is 4.69. The number of piperidine rings is 1. The van der Waals surface area contributed by atoms with E-state index >= 15 is 0 Å². The lowest BCUT2D eigenvalue weighted by Crippen LogP contribution is -2.53. The van der Waals surface area contributed by atoms with Crippen LogP contribution in [0.15, 0.2) is 24.3 Å². The van der Waals surface area contributed by atoms with Crippen molar-refractivity contribution in [1.82, 2.24) is 10.2 Å². The van der Waals surface area contributed by atoms with E-state index < -0.39 is 5.41 Å². The minimum atomic E-state index is -0.417. The van der Waals surface area contributed by atoms with Crippen molar-refractivity contribution < 1.29 is 9.59 Å². The van der Waals surface area contributed by atoms with E-state index in [2.05, 4.69) is 24.4 Å². The van der Waals surface area contributed by atoms with Crippen LogP contribution in [0.2, 0.25) is 0 Å². The van der Waals surface area contributed by atoms with Crippen molar-refractivity contribution in [2.45, 2.75) is 57.3 Å². The van der Waals surface area contributed by atoms with Gasteiger partial charge in [-0.3, -0.25) is 9.59 Å². The van der Waals surface area contributed by atoms with Crippen molar-refractivity contribution in [3.63, 3.8) is 0 Å². The van der Waals surface area contributed by atoms with Crippen molar-refractivity contribution in [1.29, 1.82) is 0 Å². The maximum Gasteiger partial charge on any atom is 0.233 e. The highest BCUT2D eigenvalue weighted by Crippen LogP contribution is 2.43. The largest absolute Gasteiger partial charge is 0.355 e. The lowest BCUT2D eigenvalue weighted by Gasteiger charge is -2.43. The number of benzene rings is 1. The van der Waals surface area contributed by atoms with Gasteiger partial charge >= 0.3 is 0 Å². The normalized spacial score (nSPS) is 21.5. The number of rotatable bonds is 5. The van der Waals surface area contributed by atoms with Crippen LogP contribution in [0.4, 0.5) is 0 Å². The Morgan fingerprint density at radius 2 is 1.89 bits per heavy atom. The summed E-state index contributed by atoms with van der Waals surface area (Å²) in [4.78, 5) is 28.2. The van der Waals surface area contributed by atoms with Gasteiger partial charge in [-0.05, 0) is 43.7 Å². The molecule has 1 aliphatic carbocycles. The fourth-order valence-electron chi connectivity index (χ4n) is 4.88. The van der Waals surface area contributed by atoms with Gasteiger partial charge in [0.1, 0.15) is 0 Å². The Labute approximate surface area is 174 Å². The molecule has 1 saturated heterocycles. The molecule has 3 N–H and O–H groups in total. The van der Waals surface area contributed by atoms with Crippen molar-refractivity contribution in [3.05, 3.63) is 35.4 Å². The van der Waals surface area contributed by atoms with Crippen LogP contribution in [0.5, 0.6) is 0 Å². The Morgan fingerprint density at radius 3 is 2.57 bits per heavy atom. The van der Waals surface area contributed by atoms with Crippen molar-refractivity contribution in [2.75, 3.05) is 26.2 Å². The molecule has 3 rings (SSSR count). The number of nitrogens with zero attached hydrogens (tertiary/aromatic N) is 1. The zero-order valence-corrected chi connectivity index (χ0v) is 17.7. The minimum absolute atomic E-state index is 0. The molecule has 6 heteroatoms. The molecule has 1 aromatic rings. The van der Waals surface area contributed by atoms with Crippen LogP contribution in [0.3, 0.4) is 0 Å². The number of hydrogen-bond donors (Lipinski definition) is 2. The Morgan fingerprint density at radius 1 is 1.18 bits per heavy atom. The summed E-state index contributed by atoms with van der Waals surface area (Å²) in [5.74, 6) is 0.145. The van der Waals surface area contributed by atoms with Crippen LogP contribution in [-0.2, 0) is 15.0 Å². The Hall–Kier alpha value is -1.59. The van der Waals surface area contributed by atoms with Crippen LogP contribution >= 0.6 is 12.4 Å². The second kappa shape index (κ2) is 10.3. The van der Waals surface area contributed by atoms with Crippen molar-refractivity contribution in [3.8, 4) is 0 Å². The second-order valence-corrected chi connectivity index (χ2v) is 8.13. The molecule has 28 heavy (non-hydrogen) atoms. The summed E-state index contributed by atoms with van der Waals surface area (Å²) < 4.78 is 0. The first-order valence-corrected chi connectivity index (χ1v) is 10.4. The molecule has 156 valence electrons. The van der Waals surface area contributed by atoms with E-state index in [-0.39, 0.29) is 30.1 Å². The number of hydrogen-bond acceptors (Lipinski definition) is 3. The fraction of sp³-hybridized carbons (Fsp3) is 0.636. The van der Waals surface area contributed by atoms with E-state index in [9.17, 15) is 9.59 Å². The van der Waals surface area contributed by atoms with Gasteiger partial charge in [0.05, 0.1) is 11.3 Å². The van der Waals surface area contributed by atoms with E-state index in [1.165, 1.54) is 17.5 Å². The number of halogens is 1. The number of likely N-dealkylation sites (tertiary alicyclic amines) is 1. The molecule has 1 aromatic carbocycles. The molecule has 1 aliphatic heterocycles. The maximum absolute atomic E-state index is 13.8. The fourth-order valence-corrected chi connectivity index (χ4v) is 4.88. The SMILES string of the molecule is Cc1ccccc1C1(C(=O)N2CCCC(C(=O)NCCN)C2)CCCCC1.Cl. The lowest BCUT2D eigenvalue weighted by atomic mass is 9.67. The smallest absolute Gasteiger partial charge is 0.233 e. The monoisotopic (exact) mass is 407 g/mol. The van der Waals surface area contributed by atoms with Crippen molar-refractivity contribution >= 4 is 24.2 Å². The van der Waals surface area contributed by atoms with E-state index in [1.807, 2.05) is 17.0 Å². The molecule has 0 bridgehead atoms. The summed E-state index contributed by atoms with van der Waals surface area (Å²) in [7, 11) is 0. The van der Waals surface area contributed by atoms with Crippen LogP contribution < -0.4 is 11.1 Å². The molecule has 1 atom stereocenters. The summed E-state index contributed by atoms with van der Waals surface area (Å²) >= 11 is 0. The maximum atomic E-state index is 13.8. The van der Waals surface area contributed by atoms with Gasteiger partial charge in [-0.2, -0.15) is 0 Å². The summed E-state index contributed by atoms with van der Waals surface area (Å²) in [6.07, 6.45) is 6.94. The molecule has 1 unspecified atom stereocenters. The summed E-state index contributed by atoms with van der Waals surface area (Å²) in [6.45, 7) is 4.34. The Bertz CT molecular complexity index is 674. The van der Waals surface area contributed by atoms with Gasteiger partial charge in [-0.1, -0.05) is 43.5 Å². The van der Waals surface area contributed by atoms with E-state index in [4.69, 9.17) is 5.73 Å². The summed E-state index contributed by atoms with van der Waals surface area (Å²) in [6, 6.07) is 8.33. The van der Waals surface area contributed by atoms with Crippen LogP contribution in [0, 0.1) is 12.8 Å². The van der Waals surface area contributed by atoms with Gasteiger partial charge in [0.2, 0.25) is 11.8 Å². The second-order valence-electron chi connectivity index (χ2n) is 8.13. The van der Waals surface area contributed by atoms with Gasteiger partial charge in [0.25, 0.3) is 0 Å². The quantitative estimate of drug-likeness (QED) is 0.787. The molecule has 0 aromatic heterocycles. The number of carbonyl (C=O) groups excluding carboxylic acids is 2. The summed E-state index contributed by atoms with van der Waals surface area (Å²) in [5, 5.41) is 2.89. The van der Waals surface area contributed by atoms with Crippen molar-refractivity contribution in [2.24, 2.45) is 11.7 Å². The minimum Gasteiger partial charge on any atom is -0.355 e.